The SMILES string of the molecule is C/C(CCc1ccc2c(c1)OCO2)=N/NC(=S)Nc1cc(S(=O)(=O)N(C)C)ccc1C. The summed E-state index contributed by atoms with van der Waals surface area (Å²) in [7, 11) is -0.539. The fourth-order valence-electron chi connectivity index (χ4n) is 2.88. The lowest BCUT2D eigenvalue weighted by atomic mass is 10.1. The Morgan fingerprint density at radius 2 is 1.90 bits per heavy atom. The molecule has 10 heteroatoms. The van der Waals surface area contributed by atoms with Crippen LogP contribution in [-0.4, -0.2) is 44.4 Å². The van der Waals surface area contributed by atoms with Crippen molar-refractivity contribution in [3.05, 3.63) is 47.5 Å². The number of anilines is 1. The summed E-state index contributed by atoms with van der Waals surface area (Å²) >= 11 is 5.31. The minimum Gasteiger partial charge on any atom is -0.454 e. The summed E-state index contributed by atoms with van der Waals surface area (Å²) in [5, 5.41) is 7.62. The first-order valence-corrected chi connectivity index (χ1v) is 11.5. The number of aryl methyl sites for hydroxylation is 2. The molecule has 0 aliphatic carbocycles. The maximum Gasteiger partial charge on any atom is 0.242 e. The molecule has 2 aromatic carbocycles. The van der Waals surface area contributed by atoms with Crippen LogP contribution in [0.2, 0.25) is 0 Å². The lowest BCUT2D eigenvalue weighted by Crippen LogP contribution is -2.26. The van der Waals surface area contributed by atoms with E-state index in [1.165, 1.54) is 18.4 Å². The summed E-state index contributed by atoms with van der Waals surface area (Å²) < 4.78 is 36.6. The number of hydrazone groups is 1. The molecule has 31 heavy (non-hydrogen) atoms. The molecule has 1 heterocycles. The maximum atomic E-state index is 12.4. The summed E-state index contributed by atoms with van der Waals surface area (Å²) in [6, 6.07) is 10.8. The van der Waals surface area contributed by atoms with Crippen LogP contribution in [0.25, 0.3) is 0 Å². The Labute approximate surface area is 188 Å². The molecule has 0 bridgehead atoms. The highest BCUT2D eigenvalue weighted by molar-refractivity contribution is 7.89. The van der Waals surface area contributed by atoms with Crippen LogP contribution in [0.4, 0.5) is 5.69 Å². The number of benzene rings is 2. The molecule has 0 radical (unpaired) electrons. The predicted molar refractivity (Wildman–Crippen MR) is 125 cm³/mol. The number of hydrogen-bond donors (Lipinski definition) is 2. The summed E-state index contributed by atoms with van der Waals surface area (Å²) in [5.41, 5.74) is 6.30. The van der Waals surface area contributed by atoms with Crippen LogP contribution in [0, 0.1) is 6.92 Å². The van der Waals surface area contributed by atoms with E-state index in [9.17, 15) is 8.42 Å². The molecule has 0 unspecified atom stereocenters. The molecule has 8 nitrogen and oxygen atoms in total. The first kappa shape index (κ1) is 23.0. The first-order valence-electron chi connectivity index (χ1n) is 9.68. The average molecular weight is 463 g/mol. The van der Waals surface area contributed by atoms with Crippen LogP contribution in [0.15, 0.2) is 46.4 Å². The van der Waals surface area contributed by atoms with E-state index in [0.29, 0.717) is 5.69 Å². The third kappa shape index (κ3) is 5.72. The van der Waals surface area contributed by atoms with Crippen molar-refractivity contribution in [3.63, 3.8) is 0 Å². The van der Waals surface area contributed by atoms with Crippen LogP contribution in [0.1, 0.15) is 24.5 Å². The van der Waals surface area contributed by atoms with Crippen molar-refractivity contribution in [1.29, 1.82) is 0 Å². The Hall–Kier alpha value is -2.69. The summed E-state index contributed by atoms with van der Waals surface area (Å²) in [6.07, 6.45) is 1.54. The van der Waals surface area contributed by atoms with Gasteiger partial charge in [0.1, 0.15) is 0 Å². The van der Waals surface area contributed by atoms with Crippen molar-refractivity contribution >= 4 is 38.8 Å². The van der Waals surface area contributed by atoms with Crippen molar-refractivity contribution in [1.82, 2.24) is 9.73 Å². The second-order valence-corrected chi connectivity index (χ2v) is 9.92. The molecule has 0 spiro atoms. The normalized spacial score (nSPS) is 13.4. The lowest BCUT2D eigenvalue weighted by Gasteiger charge is -2.15. The Kier molecular flexibility index (Phi) is 7.14. The van der Waals surface area contributed by atoms with Gasteiger partial charge in [0, 0.05) is 25.5 Å². The second-order valence-electron chi connectivity index (χ2n) is 7.36. The van der Waals surface area contributed by atoms with Gasteiger partial charge in [-0.3, -0.25) is 5.43 Å². The second kappa shape index (κ2) is 9.63. The molecule has 0 saturated carbocycles. The lowest BCUT2D eigenvalue weighted by molar-refractivity contribution is 0.174. The van der Waals surface area contributed by atoms with E-state index in [-0.39, 0.29) is 16.8 Å². The summed E-state index contributed by atoms with van der Waals surface area (Å²) in [5.74, 6) is 1.54. The third-order valence-electron chi connectivity index (χ3n) is 4.80. The number of sulfonamides is 1. The van der Waals surface area contributed by atoms with Crippen molar-refractivity contribution in [2.24, 2.45) is 5.10 Å². The van der Waals surface area contributed by atoms with Gasteiger partial charge in [0.15, 0.2) is 16.6 Å². The zero-order chi connectivity index (χ0) is 22.6. The van der Waals surface area contributed by atoms with Gasteiger partial charge in [0.05, 0.1) is 4.90 Å². The van der Waals surface area contributed by atoms with Crippen LogP contribution in [0.3, 0.4) is 0 Å². The Bertz CT molecular complexity index is 1110. The van der Waals surface area contributed by atoms with Gasteiger partial charge in [-0.05, 0) is 74.3 Å². The molecule has 0 fully saturated rings. The number of hydrogen-bond acceptors (Lipinski definition) is 6. The molecule has 0 saturated heterocycles. The molecule has 1 aliphatic rings. The van der Waals surface area contributed by atoms with Gasteiger partial charge < -0.3 is 14.8 Å². The molecule has 166 valence electrons. The van der Waals surface area contributed by atoms with Gasteiger partial charge in [-0.2, -0.15) is 5.10 Å². The van der Waals surface area contributed by atoms with Crippen molar-refractivity contribution in [3.8, 4) is 11.5 Å². The Balaban J connectivity index is 1.57. The predicted octanol–water partition coefficient (Wildman–Crippen LogP) is 3.27. The highest BCUT2D eigenvalue weighted by Crippen LogP contribution is 2.32. The highest BCUT2D eigenvalue weighted by Gasteiger charge is 2.18. The molecular weight excluding hydrogens is 436 g/mol. The number of rotatable bonds is 7. The van der Waals surface area contributed by atoms with Crippen molar-refractivity contribution in [2.75, 3.05) is 26.2 Å². The standard InChI is InChI=1S/C21H26N4O4S2/c1-14-5-9-17(31(26,27)25(3)4)12-18(14)22-21(30)24-23-15(2)6-7-16-8-10-19-20(11-16)29-13-28-19/h5,8-12H,6-7,13H2,1-4H3,(H2,22,24,30)/b23-15-. The molecule has 0 amide bonds. The van der Waals surface area contributed by atoms with Crippen molar-refractivity contribution < 1.29 is 17.9 Å². The Morgan fingerprint density at radius 3 is 2.65 bits per heavy atom. The quantitative estimate of drug-likeness (QED) is 0.371. The third-order valence-corrected chi connectivity index (χ3v) is 6.80. The number of ether oxygens (including phenoxy) is 2. The minimum absolute atomic E-state index is 0.191. The van der Waals surface area contributed by atoms with Crippen LogP contribution >= 0.6 is 12.2 Å². The first-order chi connectivity index (χ1) is 14.7. The highest BCUT2D eigenvalue weighted by atomic mass is 32.2. The molecule has 0 atom stereocenters. The fourth-order valence-corrected chi connectivity index (χ4v) is 3.97. The maximum absolute atomic E-state index is 12.4. The minimum atomic E-state index is -3.53. The van der Waals surface area contributed by atoms with Crippen LogP contribution in [0.5, 0.6) is 11.5 Å². The molecule has 2 N–H and O–H groups in total. The average Bonchev–Trinajstić information content (AvgIpc) is 3.20. The van der Waals surface area contributed by atoms with E-state index in [4.69, 9.17) is 21.7 Å². The largest absolute Gasteiger partial charge is 0.454 e. The van der Waals surface area contributed by atoms with E-state index >= 15 is 0 Å². The van der Waals surface area contributed by atoms with E-state index in [1.807, 2.05) is 32.0 Å². The number of thiocarbonyl (C=S) groups is 1. The van der Waals surface area contributed by atoms with Crippen LogP contribution in [-0.2, 0) is 16.4 Å². The number of nitrogens with zero attached hydrogens (tertiary/aromatic N) is 2. The topological polar surface area (TPSA) is 92.3 Å². The molecule has 2 aromatic rings. The summed E-state index contributed by atoms with van der Waals surface area (Å²) in [4.78, 5) is 0.191. The van der Waals surface area contributed by atoms with E-state index in [2.05, 4.69) is 15.8 Å². The molecule has 0 aromatic heterocycles. The van der Waals surface area contributed by atoms with E-state index < -0.39 is 10.0 Å². The van der Waals surface area contributed by atoms with Gasteiger partial charge in [0.25, 0.3) is 0 Å². The van der Waals surface area contributed by atoms with E-state index in [1.54, 1.807) is 18.2 Å². The molecule has 3 rings (SSSR count). The zero-order valence-corrected chi connectivity index (χ0v) is 19.6. The van der Waals surface area contributed by atoms with E-state index in [0.717, 1.165) is 41.2 Å². The van der Waals surface area contributed by atoms with Crippen LogP contribution < -0.4 is 20.2 Å². The Morgan fingerprint density at radius 1 is 1.16 bits per heavy atom. The monoisotopic (exact) mass is 462 g/mol. The molecular formula is C21H26N4O4S2. The van der Waals surface area contributed by atoms with Gasteiger partial charge in [-0.25, -0.2) is 12.7 Å². The smallest absolute Gasteiger partial charge is 0.242 e. The van der Waals surface area contributed by atoms with Gasteiger partial charge in [-0.1, -0.05) is 12.1 Å². The van der Waals surface area contributed by atoms with Gasteiger partial charge >= 0.3 is 0 Å². The fraction of sp³-hybridized carbons (Fsp3) is 0.333. The number of nitrogens with one attached hydrogen (secondary N) is 2. The number of fused-ring (bicyclic) bond motifs is 1. The summed E-state index contributed by atoms with van der Waals surface area (Å²) in [6.45, 7) is 4.05. The van der Waals surface area contributed by atoms with Gasteiger partial charge in [-0.15, -0.1) is 0 Å². The molecule has 1 aliphatic heterocycles. The van der Waals surface area contributed by atoms with Gasteiger partial charge in [0.2, 0.25) is 16.8 Å². The zero-order valence-electron chi connectivity index (χ0n) is 17.9. The van der Waals surface area contributed by atoms with Crippen molar-refractivity contribution in [2.45, 2.75) is 31.6 Å².